The number of nitrogens with one attached hydrogen (secondary N) is 1. The number of hydrogen-bond acceptors (Lipinski definition) is 5. The van der Waals surface area contributed by atoms with Gasteiger partial charge in [-0.3, -0.25) is 4.79 Å². The second-order valence-electron chi connectivity index (χ2n) is 6.68. The first-order valence-electron chi connectivity index (χ1n) is 9.04. The molecule has 0 bridgehead atoms. The maximum Gasteiger partial charge on any atom is 0.328 e. The second kappa shape index (κ2) is 8.55. The lowest BCUT2D eigenvalue weighted by Gasteiger charge is -2.19. The molecule has 1 unspecified atom stereocenters. The van der Waals surface area contributed by atoms with E-state index in [4.69, 9.17) is 14.6 Å². The number of imidazole rings is 1. The standard InChI is InChI=1S/C17H16N2O2.C4H4O4/c1-10-13(19-9-18-10)8-11-6-7-15-16(17(11)20)12-4-2-3-5-14(12)21-15;5-3(6)1-2-4(7)8/h2-5,9,11H,6-8H2,1H3,(H,18,19);1-2H,(H,5,6)(H,7,8)/b;2-1-. The van der Waals surface area contributed by atoms with Gasteiger partial charge in [-0.05, 0) is 19.4 Å². The number of carboxylic acids is 2. The van der Waals surface area contributed by atoms with Crippen molar-refractivity contribution in [3.63, 3.8) is 0 Å². The van der Waals surface area contributed by atoms with Crippen LogP contribution >= 0.6 is 0 Å². The summed E-state index contributed by atoms with van der Waals surface area (Å²) in [5, 5.41) is 16.6. The highest BCUT2D eigenvalue weighted by molar-refractivity contribution is 6.10. The van der Waals surface area contributed by atoms with Crippen molar-refractivity contribution in [2.45, 2.75) is 26.2 Å². The van der Waals surface area contributed by atoms with Gasteiger partial charge in [-0.15, -0.1) is 0 Å². The zero-order valence-corrected chi connectivity index (χ0v) is 15.7. The van der Waals surface area contributed by atoms with E-state index in [0.29, 0.717) is 18.6 Å². The molecule has 29 heavy (non-hydrogen) atoms. The summed E-state index contributed by atoms with van der Waals surface area (Å²) in [6.07, 6.45) is 5.16. The van der Waals surface area contributed by atoms with Gasteiger partial charge >= 0.3 is 11.9 Å². The fraction of sp³-hybridized carbons (Fsp3) is 0.238. The monoisotopic (exact) mass is 396 g/mol. The van der Waals surface area contributed by atoms with Gasteiger partial charge in [0.15, 0.2) is 5.78 Å². The predicted molar refractivity (Wildman–Crippen MR) is 104 cm³/mol. The van der Waals surface area contributed by atoms with E-state index in [1.807, 2.05) is 31.2 Å². The first-order valence-corrected chi connectivity index (χ1v) is 9.04. The van der Waals surface area contributed by atoms with Crippen LogP contribution in [0.15, 0.2) is 47.2 Å². The minimum absolute atomic E-state index is 0.000469. The molecule has 4 rings (SSSR count). The molecule has 1 atom stereocenters. The minimum atomic E-state index is -1.26. The highest BCUT2D eigenvalue weighted by Crippen LogP contribution is 2.35. The van der Waals surface area contributed by atoms with Gasteiger partial charge in [-0.1, -0.05) is 18.2 Å². The molecule has 8 nitrogen and oxygen atoms in total. The van der Waals surface area contributed by atoms with Crippen molar-refractivity contribution in [1.29, 1.82) is 0 Å². The maximum absolute atomic E-state index is 12.8. The molecule has 0 amide bonds. The number of carbonyl (C=O) groups is 3. The number of aromatic amines is 1. The van der Waals surface area contributed by atoms with Crippen LogP contribution < -0.4 is 0 Å². The smallest absolute Gasteiger partial charge is 0.328 e. The van der Waals surface area contributed by atoms with Crippen LogP contribution in [0, 0.1) is 12.8 Å². The number of hydrogen-bond donors (Lipinski definition) is 3. The fourth-order valence-electron chi connectivity index (χ4n) is 3.35. The molecule has 0 spiro atoms. The number of fused-ring (bicyclic) bond motifs is 3. The largest absolute Gasteiger partial charge is 0.478 e. The van der Waals surface area contributed by atoms with Gasteiger partial charge in [0.05, 0.1) is 17.6 Å². The lowest BCUT2D eigenvalue weighted by atomic mass is 9.82. The fourth-order valence-corrected chi connectivity index (χ4v) is 3.35. The quantitative estimate of drug-likeness (QED) is 0.577. The number of Topliss-reactive ketones (excluding diaryl/α,β-unsaturated/α-hetero) is 1. The Bertz CT molecular complexity index is 1080. The van der Waals surface area contributed by atoms with Crippen molar-refractivity contribution in [3.8, 4) is 0 Å². The number of furan rings is 1. The van der Waals surface area contributed by atoms with E-state index >= 15 is 0 Å². The molecule has 0 aliphatic heterocycles. The first-order chi connectivity index (χ1) is 13.9. The Morgan fingerprint density at radius 2 is 1.93 bits per heavy atom. The van der Waals surface area contributed by atoms with Gasteiger partial charge in [0.2, 0.25) is 0 Å². The highest BCUT2D eigenvalue weighted by atomic mass is 16.4. The average molecular weight is 396 g/mol. The van der Waals surface area contributed by atoms with Crippen LogP contribution in [0.25, 0.3) is 11.0 Å². The van der Waals surface area contributed by atoms with E-state index in [2.05, 4.69) is 9.97 Å². The molecule has 8 heteroatoms. The van der Waals surface area contributed by atoms with Crippen LogP contribution in [-0.2, 0) is 22.4 Å². The van der Waals surface area contributed by atoms with Gasteiger partial charge in [-0.2, -0.15) is 0 Å². The van der Waals surface area contributed by atoms with Gasteiger partial charge in [0.25, 0.3) is 0 Å². The SMILES string of the molecule is Cc1[nH]cnc1CC1CCc2oc3ccccc3c2C1=O.O=C(O)/C=C\C(=O)O. The number of carboxylic acid groups (broad SMARTS) is 2. The van der Waals surface area contributed by atoms with Crippen molar-refractivity contribution >= 4 is 28.7 Å². The normalized spacial score (nSPS) is 15.8. The summed E-state index contributed by atoms with van der Waals surface area (Å²) in [6, 6.07) is 7.78. The molecule has 1 aliphatic carbocycles. The molecule has 0 fully saturated rings. The van der Waals surface area contributed by atoms with Gasteiger partial charge < -0.3 is 19.6 Å². The lowest BCUT2D eigenvalue weighted by Crippen LogP contribution is -2.24. The molecule has 3 aromatic rings. The number of rotatable bonds is 4. The summed E-state index contributed by atoms with van der Waals surface area (Å²) in [5.74, 6) is -1.47. The zero-order valence-electron chi connectivity index (χ0n) is 15.7. The Labute approximate surface area is 165 Å². The number of H-pyrrole nitrogens is 1. The van der Waals surface area contributed by atoms with Crippen LogP contribution in [0.2, 0.25) is 0 Å². The van der Waals surface area contributed by atoms with E-state index in [0.717, 1.165) is 46.5 Å². The topological polar surface area (TPSA) is 133 Å². The van der Waals surface area contributed by atoms with E-state index < -0.39 is 11.9 Å². The Balaban J connectivity index is 0.000000258. The molecule has 0 radical (unpaired) electrons. The van der Waals surface area contributed by atoms with Crippen molar-refractivity contribution in [1.82, 2.24) is 9.97 Å². The summed E-state index contributed by atoms with van der Waals surface area (Å²) in [7, 11) is 0. The molecule has 0 saturated heterocycles. The van der Waals surface area contributed by atoms with Crippen LogP contribution in [0.3, 0.4) is 0 Å². The number of para-hydroxylation sites is 1. The van der Waals surface area contributed by atoms with E-state index in [9.17, 15) is 14.4 Å². The second-order valence-corrected chi connectivity index (χ2v) is 6.68. The third-order valence-corrected chi connectivity index (χ3v) is 4.75. The number of aromatic nitrogens is 2. The molecule has 150 valence electrons. The number of nitrogens with zero attached hydrogens (tertiary/aromatic N) is 1. The van der Waals surface area contributed by atoms with Crippen molar-refractivity contribution in [2.75, 3.05) is 0 Å². The number of aliphatic carboxylic acids is 2. The first kappa shape index (κ1) is 20.1. The van der Waals surface area contributed by atoms with Crippen molar-refractivity contribution < 1.29 is 29.0 Å². The zero-order chi connectivity index (χ0) is 21.0. The minimum Gasteiger partial charge on any atom is -0.478 e. The Hall–Kier alpha value is -3.68. The molecule has 0 saturated carbocycles. The summed E-state index contributed by atoms with van der Waals surface area (Å²) in [4.78, 5) is 39.3. The average Bonchev–Trinajstić information content (AvgIpc) is 3.26. The third kappa shape index (κ3) is 4.60. The van der Waals surface area contributed by atoms with E-state index in [1.54, 1.807) is 6.33 Å². The van der Waals surface area contributed by atoms with Crippen molar-refractivity contribution in [3.05, 3.63) is 65.5 Å². The summed E-state index contributed by atoms with van der Waals surface area (Å²) in [6.45, 7) is 1.99. The van der Waals surface area contributed by atoms with Gasteiger partial charge in [0.1, 0.15) is 11.3 Å². The number of benzene rings is 1. The number of ketones is 1. The summed E-state index contributed by atoms with van der Waals surface area (Å²) in [5.41, 5.74) is 3.64. The number of carbonyl (C=O) groups excluding carboxylic acids is 1. The summed E-state index contributed by atoms with van der Waals surface area (Å²) >= 11 is 0. The van der Waals surface area contributed by atoms with E-state index in [-0.39, 0.29) is 11.7 Å². The maximum atomic E-state index is 12.8. The van der Waals surface area contributed by atoms with Crippen LogP contribution in [0.1, 0.15) is 33.9 Å². The summed E-state index contributed by atoms with van der Waals surface area (Å²) < 4.78 is 5.83. The Kier molecular flexibility index (Phi) is 5.92. The predicted octanol–water partition coefficient (Wildman–Crippen LogP) is 3.16. The molecule has 2 heterocycles. The molecule has 1 aromatic carbocycles. The molecule has 3 N–H and O–H groups in total. The van der Waals surface area contributed by atoms with Crippen LogP contribution in [0.5, 0.6) is 0 Å². The van der Waals surface area contributed by atoms with Gasteiger partial charge in [0, 0.05) is 42.0 Å². The Morgan fingerprint density at radius 3 is 2.55 bits per heavy atom. The lowest BCUT2D eigenvalue weighted by molar-refractivity contribution is -0.134. The molecule has 1 aliphatic rings. The number of aryl methyl sites for hydroxylation is 2. The van der Waals surface area contributed by atoms with Gasteiger partial charge in [-0.25, -0.2) is 14.6 Å². The molecule has 2 aromatic heterocycles. The molecular formula is C21H20N2O6. The van der Waals surface area contributed by atoms with Crippen LogP contribution in [0.4, 0.5) is 0 Å². The van der Waals surface area contributed by atoms with E-state index in [1.165, 1.54) is 0 Å². The third-order valence-electron chi connectivity index (χ3n) is 4.75. The Morgan fingerprint density at radius 1 is 1.24 bits per heavy atom. The highest BCUT2D eigenvalue weighted by Gasteiger charge is 2.32. The van der Waals surface area contributed by atoms with Crippen LogP contribution in [-0.4, -0.2) is 37.9 Å². The molecular weight excluding hydrogens is 376 g/mol. The van der Waals surface area contributed by atoms with Crippen molar-refractivity contribution in [2.24, 2.45) is 5.92 Å².